The molecule has 2 rings (SSSR count). The molecule has 6 nitrogen and oxygen atoms in total. The fraction of sp³-hybridized carbons (Fsp3) is 0.733. The minimum absolute atomic E-state index is 0.223. The number of rotatable bonds is 7. The number of aryl methyl sites for hydroxylation is 1. The van der Waals surface area contributed by atoms with Crippen molar-refractivity contribution in [2.24, 2.45) is 0 Å². The molecule has 0 aromatic carbocycles. The Balaban J connectivity index is 1.88. The Labute approximate surface area is 127 Å². The van der Waals surface area contributed by atoms with E-state index in [0.717, 1.165) is 63.2 Å². The average Bonchev–Trinajstić information content (AvgIpc) is 2.50. The molecular weight excluding hydrogens is 266 g/mol. The van der Waals surface area contributed by atoms with Crippen LogP contribution in [-0.4, -0.2) is 60.3 Å². The van der Waals surface area contributed by atoms with Crippen molar-refractivity contribution in [1.29, 1.82) is 0 Å². The normalized spacial score (nSPS) is 19.5. The largest absolute Gasteiger partial charge is 0.374 e. The number of ether oxygens (including phenoxy) is 1. The van der Waals surface area contributed by atoms with Gasteiger partial charge in [0.25, 0.3) is 0 Å². The summed E-state index contributed by atoms with van der Waals surface area (Å²) in [5.74, 6) is 2.52. The zero-order valence-electron chi connectivity index (χ0n) is 13.4. The second-order valence-corrected chi connectivity index (χ2v) is 5.38. The van der Waals surface area contributed by atoms with Gasteiger partial charge in [0.15, 0.2) is 0 Å². The van der Waals surface area contributed by atoms with Crippen LogP contribution in [0.4, 0.5) is 11.6 Å². The Hall–Kier alpha value is -1.40. The van der Waals surface area contributed by atoms with Gasteiger partial charge >= 0.3 is 0 Å². The van der Waals surface area contributed by atoms with Crippen molar-refractivity contribution >= 4 is 11.6 Å². The minimum Gasteiger partial charge on any atom is -0.374 e. The first-order valence-electron chi connectivity index (χ1n) is 7.88. The molecule has 1 unspecified atom stereocenters. The van der Waals surface area contributed by atoms with E-state index in [1.54, 1.807) is 0 Å². The first-order valence-corrected chi connectivity index (χ1v) is 7.88. The Morgan fingerprint density at radius 3 is 2.76 bits per heavy atom. The number of aromatic nitrogens is 2. The summed E-state index contributed by atoms with van der Waals surface area (Å²) in [4.78, 5) is 11.2. The Kier molecular flexibility index (Phi) is 6.20. The minimum atomic E-state index is 0.223. The fourth-order valence-corrected chi connectivity index (χ4v) is 2.41. The number of hydrogen-bond acceptors (Lipinski definition) is 6. The van der Waals surface area contributed by atoms with Crippen LogP contribution >= 0.6 is 0 Å². The molecule has 1 atom stereocenters. The van der Waals surface area contributed by atoms with Gasteiger partial charge in [-0.2, -0.15) is 0 Å². The van der Waals surface area contributed by atoms with Gasteiger partial charge in [-0.15, -0.1) is 0 Å². The first kappa shape index (κ1) is 16.0. The van der Waals surface area contributed by atoms with Gasteiger partial charge in [-0.05, 0) is 19.9 Å². The van der Waals surface area contributed by atoms with Gasteiger partial charge in [-0.1, -0.05) is 13.8 Å². The lowest BCUT2D eigenvalue weighted by molar-refractivity contribution is -0.0192. The van der Waals surface area contributed by atoms with E-state index in [1.807, 2.05) is 13.0 Å². The van der Waals surface area contributed by atoms with Gasteiger partial charge < -0.3 is 15.4 Å². The van der Waals surface area contributed by atoms with Crippen molar-refractivity contribution in [3.8, 4) is 0 Å². The van der Waals surface area contributed by atoms with Crippen molar-refractivity contribution in [3.63, 3.8) is 0 Å². The zero-order chi connectivity index (χ0) is 15.1. The summed E-state index contributed by atoms with van der Waals surface area (Å²) >= 11 is 0. The molecular formula is C15H27N5O. The van der Waals surface area contributed by atoms with Crippen LogP contribution in [0.5, 0.6) is 0 Å². The molecule has 6 heteroatoms. The van der Waals surface area contributed by atoms with E-state index in [0.29, 0.717) is 0 Å². The lowest BCUT2D eigenvalue weighted by Gasteiger charge is -2.32. The summed E-state index contributed by atoms with van der Waals surface area (Å²) in [7, 11) is 0. The maximum absolute atomic E-state index is 5.79. The number of nitrogens with one attached hydrogen (secondary N) is 2. The van der Waals surface area contributed by atoms with Crippen LogP contribution in [0, 0.1) is 6.92 Å². The highest BCUT2D eigenvalue weighted by atomic mass is 16.5. The molecule has 118 valence electrons. The first-order chi connectivity index (χ1) is 10.2. The van der Waals surface area contributed by atoms with Crippen LogP contribution in [0.25, 0.3) is 0 Å². The Morgan fingerprint density at radius 1 is 1.29 bits per heavy atom. The van der Waals surface area contributed by atoms with E-state index < -0.39 is 0 Å². The highest BCUT2D eigenvalue weighted by Crippen LogP contribution is 2.12. The third-order valence-electron chi connectivity index (χ3n) is 3.58. The predicted octanol–water partition coefficient (Wildman–Crippen LogP) is 1.74. The quantitative estimate of drug-likeness (QED) is 0.798. The van der Waals surface area contributed by atoms with Crippen molar-refractivity contribution in [3.05, 3.63) is 11.9 Å². The van der Waals surface area contributed by atoms with Crippen molar-refractivity contribution in [2.75, 3.05) is 50.0 Å². The molecule has 0 aliphatic carbocycles. The van der Waals surface area contributed by atoms with Crippen LogP contribution in [0.15, 0.2) is 6.07 Å². The number of anilines is 2. The van der Waals surface area contributed by atoms with Crippen molar-refractivity contribution in [1.82, 2.24) is 14.9 Å². The standard InChI is InChI=1S/C15H27N5O/c1-4-6-16-14-9-15(19-12(3)18-14)17-10-13-11-20(5-2)7-8-21-13/h9,13H,4-8,10-11H2,1-3H3,(H2,16,17,18,19). The smallest absolute Gasteiger partial charge is 0.131 e. The van der Waals surface area contributed by atoms with E-state index in [-0.39, 0.29) is 6.10 Å². The molecule has 2 N–H and O–H groups in total. The molecule has 0 spiro atoms. The van der Waals surface area contributed by atoms with Gasteiger partial charge in [-0.25, -0.2) is 9.97 Å². The van der Waals surface area contributed by atoms with Crippen LogP contribution in [-0.2, 0) is 4.74 Å². The van der Waals surface area contributed by atoms with Crippen molar-refractivity contribution < 1.29 is 4.74 Å². The van der Waals surface area contributed by atoms with E-state index >= 15 is 0 Å². The molecule has 0 bridgehead atoms. The molecule has 1 aromatic heterocycles. The number of likely N-dealkylation sites (N-methyl/N-ethyl adjacent to an activating group) is 1. The Morgan fingerprint density at radius 2 is 2.05 bits per heavy atom. The molecule has 0 saturated carbocycles. The van der Waals surface area contributed by atoms with E-state index in [1.165, 1.54) is 0 Å². The summed E-state index contributed by atoms with van der Waals surface area (Å²) in [6.45, 7) is 11.9. The van der Waals surface area contributed by atoms with Gasteiger partial charge in [0.1, 0.15) is 17.5 Å². The molecule has 2 heterocycles. The monoisotopic (exact) mass is 293 g/mol. The average molecular weight is 293 g/mol. The van der Waals surface area contributed by atoms with E-state index in [2.05, 4.69) is 39.3 Å². The second kappa shape index (κ2) is 8.14. The highest BCUT2D eigenvalue weighted by Gasteiger charge is 2.19. The number of nitrogens with zero attached hydrogens (tertiary/aromatic N) is 3. The van der Waals surface area contributed by atoms with Gasteiger partial charge in [0, 0.05) is 32.2 Å². The van der Waals surface area contributed by atoms with E-state index in [4.69, 9.17) is 4.74 Å². The fourth-order valence-electron chi connectivity index (χ4n) is 2.41. The maximum atomic E-state index is 5.79. The summed E-state index contributed by atoms with van der Waals surface area (Å²) < 4.78 is 5.79. The summed E-state index contributed by atoms with van der Waals surface area (Å²) in [6.07, 6.45) is 1.30. The van der Waals surface area contributed by atoms with Gasteiger partial charge in [-0.3, -0.25) is 4.90 Å². The van der Waals surface area contributed by atoms with Gasteiger partial charge in [0.2, 0.25) is 0 Å². The third kappa shape index (κ3) is 5.13. The summed E-state index contributed by atoms with van der Waals surface area (Å²) in [5, 5.41) is 6.67. The van der Waals surface area contributed by atoms with Crippen LogP contribution in [0.1, 0.15) is 26.1 Å². The number of morpholine rings is 1. The lowest BCUT2D eigenvalue weighted by atomic mass is 10.2. The molecule has 0 radical (unpaired) electrons. The summed E-state index contributed by atoms with van der Waals surface area (Å²) in [6, 6.07) is 1.96. The third-order valence-corrected chi connectivity index (χ3v) is 3.58. The SMILES string of the molecule is CCCNc1cc(NCC2CN(CC)CCO2)nc(C)n1. The maximum Gasteiger partial charge on any atom is 0.131 e. The number of hydrogen-bond donors (Lipinski definition) is 2. The zero-order valence-corrected chi connectivity index (χ0v) is 13.4. The molecule has 0 amide bonds. The summed E-state index contributed by atoms with van der Waals surface area (Å²) in [5.41, 5.74) is 0. The molecule has 1 aliphatic heterocycles. The topological polar surface area (TPSA) is 62.3 Å². The van der Waals surface area contributed by atoms with E-state index in [9.17, 15) is 0 Å². The van der Waals surface area contributed by atoms with Gasteiger partial charge in [0.05, 0.1) is 12.7 Å². The molecule has 21 heavy (non-hydrogen) atoms. The van der Waals surface area contributed by atoms with Crippen molar-refractivity contribution in [2.45, 2.75) is 33.3 Å². The Bertz CT molecular complexity index is 440. The van der Waals surface area contributed by atoms with Crippen LogP contribution < -0.4 is 10.6 Å². The molecule has 1 saturated heterocycles. The second-order valence-electron chi connectivity index (χ2n) is 5.38. The molecule has 1 aromatic rings. The van der Waals surface area contributed by atoms with Crippen LogP contribution in [0.2, 0.25) is 0 Å². The highest BCUT2D eigenvalue weighted by molar-refractivity contribution is 5.47. The van der Waals surface area contributed by atoms with Crippen LogP contribution in [0.3, 0.4) is 0 Å². The molecule has 1 fully saturated rings. The lowest BCUT2D eigenvalue weighted by Crippen LogP contribution is -2.45. The predicted molar refractivity (Wildman–Crippen MR) is 85.9 cm³/mol. The molecule has 1 aliphatic rings.